The van der Waals surface area contributed by atoms with Crippen molar-refractivity contribution in [3.05, 3.63) is 119 Å². The molecule has 15 nitrogen and oxygen atoms in total. The first-order valence-electron chi connectivity index (χ1n) is 23.0. The summed E-state index contributed by atoms with van der Waals surface area (Å²) in [5, 5.41) is 25.6. The van der Waals surface area contributed by atoms with Gasteiger partial charge in [-0.1, -0.05) is 45.0 Å². The highest BCUT2D eigenvalue weighted by molar-refractivity contribution is 7.81. The quantitative estimate of drug-likeness (QED) is 0.0641. The van der Waals surface area contributed by atoms with Crippen LogP contribution in [-0.4, -0.2) is 93.3 Å². The van der Waals surface area contributed by atoms with E-state index < -0.39 is 76.2 Å². The number of hydrogen-bond acceptors (Lipinski definition) is 12. The SMILES string of the molecule is Cc1ncsc1-c1ccc(CNC(=O)[C@@H]2C[C@@H](O)CN2C(=O)[C@@H](NC(=O)C(C)Oc2ccc(OCCOc3ccc(N4C(=S)N(c5ccc(C#N)c(C(F)(F)F)c5)C(=O)C4(C)C)cc3)cc2)C(C)(C)C)cc1. The topological polar surface area (TPSA) is 187 Å². The van der Waals surface area contributed by atoms with Gasteiger partial charge < -0.3 is 39.8 Å². The third-order valence-corrected chi connectivity index (χ3v) is 13.6. The Hall–Kier alpha value is -7.08. The molecule has 378 valence electrons. The molecule has 2 aliphatic rings. The summed E-state index contributed by atoms with van der Waals surface area (Å²) in [6.45, 7) is 12.6. The first-order chi connectivity index (χ1) is 34.0. The van der Waals surface area contributed by atoms with Gasteiger partial charge in [-0.2, -0.15) is 18.4 Å². The fraction of sp³-hybridized carbons (Fsp3) is 0.365. The second-order valence-electron chi connectivity index (χ2n) is 19.0. The summed E-state index contributed by atoms with van der Waals surface area (Å²) in [5.74, 6) is -0.677. The first-order valence-corrected chi connectivity index (χ1v) is 24.2. The zero-order valence-electron chi connectivity index (χ0n) is 40.6. The van der Waals surface area contributed by atoms with Crippen molar-refractivity contribution in [3.8, 4) is 33.8 Å². The number of nitriles is 1. The maximum absolute atomic E-state index is 14.2. The highest BCUT2D eigenvalue weighted by Crippen LogP contribution is 2.40. The van der Waals surface area contributed by atoms with Gasteiger partial charge in [-0.15, -0.1) is 11.3 Å². The molecule has 2 saturated heterocycles. The van der Waals surface area contributed by atoms with Gasteiger partial charge >= 0.3 is 6.18 Å². The number of carbonyl (C=O) groups excluding carboxylic acids is 4. The Morgan fingerprint density at radius 1 is 0.944 bits per heavy atom. The predicted molar refractivity (Wildman–Crippen MR) is 268 cm³/mol. The second kappa shape index (κ2) is 21.3. The minimum atomic E-state index is -4.82. The maximum Gasteiger partial charge on any atom is 0.417 e. The summed E-state index contributed by atoms with van der Waals surface area (Å²) < 4.78 is 58.9. The van der Waals surface area contributed by atoms with Gasteiger partial charge in [0.15, 0.2) is 11.2 Å². The molecule has 1 unspecified atom stereocenters. The molecule has 4 aromatic carbocycles. The molecule has 0 radical (unpaired) electrons. The fourth-order valence-corrected chi connectivity index (χ4v) is 9.72. The summed E-state index contributed by atoms with van der Waals surface area (Å²) in [6.07, 6.45) is -6.71. The minimum absolute atomic E-state index is 0.0327. The number of β-amino-alcohol motifs (C(OH)–C–C–N with tert-alkyl or cyclic N) is 1. The van der Waals surface area contributed by atoms with E-state index in [0.717, 1.165) is 38.7 Å². The van der Waals surface area contributed by atoms with Gasteiger partial charge in [0.05, 0.1) is 45.1 Å². The van der Waals surface area contributed by atoms with Crippen LogP contribution in [0.3, 0.4) is 0 Å². The fourth-order valence-electron chi connectivity index (χ4n) is 8.38. The van der Waals surface area contributed by atoms with Gasteiger partial charge in [0.2, 0.25) is 11.8 Å². The molecular formula is C52H54F3N7O8S2. The van der Waals surface area contributed by atoms with Crippen molar-refractivity contribution in [3.63, 3.8) is 0 Å². The molecule has 3 heterocycles. The molecule has 72 heavy (non-hydrogen) atoms. The Morgan fingerprint density at radius 3 is 2.11 bits per heavy atom. The summed E-state index contributed by atoms with van der Waals surface area (Å²) in [4.78, 5) is 64.1. The summed E-state index contributed by atoms with van der Waals surface area (Å²) in [6, 6.07) is 23.6. The van der Waals surface area contributed by atoms with E-state index >= 15 is 0 Å². The van der Waals surface area contributed by atoms with Crippen LogP contribution in [0.25, 0.3) is 10.4 Å². The van der Waals surface area contributed by atoms with Crippen LogP contribution in [0.2, 0.25) is 0 Å². The van der Waals surface area contributed by atoms with Crippen LogP contribution in [0.1, 0.15) is 70.3 Å². The molecule has 4 amide bonds. The van der Waals surface area contributed by atoms with E-state index in [4.69, 9.17) is 26.4 Å². The normalized spacial score (nSPS) is 17.6. The van der Waals surface area contributed by atoms with E-state index in [0.29, 0.717) is 22.9 Å². The molecule has 1 aromatic heterocycles. The van der Waals surface area contributed by atoms with E-state index in [9.17, 15) is 42.7 Å². The van der Waals surface area contributed by atoms with Crippen LogP contribution < -0.4 is 34.6 Å². The van der Waals surface area contributed by atoms with Crippen LogP contribution in [0.15, 0.2) is 96.5 Å². The molecule has 4 atom stereocenters. The zero-order valence-corrected chi connectivity index (χ0v) is 42.2. The number of thiocarbonyl (C=S) groups is 1. The lowest BCUT2D eigenvalue weighted by Crippen LogP contribution is -2.59. The van der Waals surface area contributed by atoms with Crippen molar-refractivity contribution < 1.29 is 51.7 Å². The number of carbonyl (C=O) groups is 4. The molecule has 7 rings (SSSR count). The standard InChI is InChI=1S/C52H54F3N7O8S2/c1-30-43(72-29-58-30)33-10-8-32(9-11-33)27-57-46(65)42-25-37(63)28-60(42)47(66)44(50(3,4)5)59-45(64)31(2)70-40-20-18-39(19-21-40)69-23-22-68-38-16-14-35(15-17-38)62-49(71)61(48(67)51(62,6)7)36-13-12-34(26-56)41(24-36)52(53,54)55/h8-21,24,29,31,37,42,44,63H,22-23,25,27-28H2,1-7H3,(H,57,65)(H,59,64)/t31?,37-,42+,44-/m1/s1. The number of amides is 4. The maximum atomic E-state index is 14.2. The van der Waals surface area contributed by atoms with Gasteiger partial charge in [0, 0.05) is 25.2 Å². The molecule has 3 N–H and O–H groups in total. The third kappa shape index (κ3) is 11.6. The van der Waals surface area contributed by atoms with Crippen LogP contribution in [0.5, 0.6) is 17.2 Å². The average Bonchev–Trinajstić information content (AvgIpc) is 4.00. The number of rotatable bonds is 16. The Morgan fingerprint density at radius 2 is 1.54 bits per heavy atom. The number of likely N-dealkylation sites (tertiary alicyclic amines) is 1. The molecule has 0 saturated carbocycles. The van der Waals surface area contributed by atoms with Crippen molar-refractivity contribution in [1.82, 2.24) is 20.5 Å². The molecule has 5 aromatic rings. The molecular weight excluding hydrogens is 972 g/mol. The number of benzene rings is 4. The van der Waals surface area contributed by atoms with Gasteiger partial charge in [-0.3, -0.25) is 24.1 Å². The summed E-state index contributed by atoms with van der Waals surface area (Å²) >= 11 is 7.18. The molecule has 0 spiro atoms. The van der Waals surface area contributed by atoms with Crippen LogP contribution in [0, 0.1) is 23.7 Å². The van der Waals surface area contributed by atoms with Crippen molar-refractivity contribution >= 4 is 63.7 Å². The largest absolute Gasteiger partial charge is 0.490 e. The number of nitrogens with one attached hydrogen (secondary N) is 2. The van der Waals surface area contributed by atoms with Gasteiger partial charge in [0.25, 0.3) is 11.8 Å². The molecule has 2 aliphatic heterocycles. The smallest absolute Gasteiger partial charge is 0.417 e. The number of ether oxygens (including phenoxy) is 3. The highest BCUT2D eigenvalue weighted by Gasteiger charge is 2.51. The van der Waals surface area contributed by atoms with Crippen LogP contribution in [0.4, 0.5) is 24.5 Å². The number of aromatic nitrogens is 1. The van der Waals surface area contributed by atoms with Crippen molar-refractivity contribution in [2.24, 2.45) is 5.41 Å². The average molecular weight is 1030 g/mol. The number of nitrogens with zero attached hydrogens (tertiary/aromatic N) is 5. The van der Waals surface area contributed by atoms with Crippen molar-refractivity contribution in [2.75, 3.05) is 29.6 Å². The number of anilines is 2. The lowest BCUT2D eigenvalue weighted by atomic mass is 9.85. The number of aryl methyl sites for hydroxylation is 1. The van der Waals surface area contributed by atoms with Crippen molar-refractivity contribution in [1.29, 1.82) is 5.26 Å². The minimum Gasteiger partial charge on any atom is -0.490 e. The number of thiazole rings is 1. The van der Waals surface area contributed by atoms with Crippen molar-refractivity contribution in [2.45, 2.75) is 97.4 Å². The number of halogens is 3. The van der Waals surface area contributed by atoms with E-state index in [1.54, 1.807) is 112 Å². The number of alkyl halides is 3. The lowest BCUT2D eigenvalue weighted by molar-refractivity contribution is -0.145. The Kier molecular flexibility index (Phi) is 15.6. The molecule has 2 fully saturated rings. The number of hydrogen-bond donors (Lipinski definition) is 3. The number of aliphatic hydroxyl groups is 1. The van der Waals surface area contributed by atoms with Gasteiger partial charge in [-0.05, 0) is 123 Å². The van der Waals surface area contributed by atoms with Gasteiger partial charge in [0.1, 0.15) is 48.1 Å². The zero-order chi connectivity index (χ0) is 52.3. The Bertz CT molecular complexity index is 2860. The molecule has 0 aliphatic carbocycles. The van der Waals surface area contributed by atoms with E-state index in [-0.39, 0.29) is 43.5 Å². The third-order valence-electron chi connectivity index (χ3n) is 12.3. The first kappa shape index (κ1) is 52.7. The lowest BCUT2D eigenvalue weighted by Gasteiger charge is -2.35. The Balaban J connectivity index is 0.879. The van der Waals surface area contributed by atoms with E-state index in [1.165, 1.54) is 17.0 Å². The van der Waals surface area contributed by atoms with Gasteiger partial charge in [-0.25, -0.2) is 4.98 Å². The van der Waals surface area contributed by atoms with Crippen LogP contribution in [-0.2, 0) is 31.9 Å². The second-order valence-corrected chi connectivity index (χ2v) is 20.2. The van der Waals surface area contributed by atoms with E-state index in [1.807, 2.05) is 31.2 Å². The summed E-state index contributed by atoms with van der Waals surface area (Å²) in [5.41, 5.74) is 1.25. The summed E-state index contributed by atoms with van der Waals surface area (Å²) in [7, 11) is 0. The molecule has 20 heteroatoms. The molecule has 0 bridgehead atoms. The monoisotopic (exact) mass is 1030 g/mol. The Labute approximate surface area is 424 Å². The predicted octanol–water partition coefficient (Wildman–Crippen LogP) is 7.96. The van der Waals surface area contributed by atoms with Crippen LogP contribution >= 0.6 is 23.6 Å². The number of aliphatic hydroxyl groups excluding tert-OH is 1. The highest BCUT2D eigenvalue weighted by atomic mass is 32.1. The van der Waals surface area contributed by atoms with E-state index in [2.05, 4.69) is 15.6 Å².